The van der Waals surface area contributed by atoms with Gasteiger partial charge in [0.25, 0.3) is 0 Å². The van der Waals surface area contributed by atoms with Gasteiger partial charge in [-0.3, -0.25) is 9.59 Å². The number of aliphatic carboxylic acids is 1. The number of sulfone groups is 1. The van der Waals surface area contributed by atoms with Crippen LogP contribution in [0.15, 0.2) is 0 Å². The molecular formula is C10H17NO5S. The maximum atomic E-state index is 12.0. The summed E-state index contributed by atoms with van der Waals surface area (Å²) in [5, 5.41) is 10.1. The van der Waals surface area contributed by atoms with Gasteiger partial charge in [-0.25, -0.2) is 8.42 Å². The summed E-state index contributed by atoms with van der Waals surface area (Å²) in [6, 6.07) is 0. The van der Waals surface area contributed by atoms with Gasteiger partial charge in [0.15, 0.2) is 15.1 Å². The van der Waals surface area contributed by atoms with Crippen LogP contribution in [0.2, 0.25) is 0 Å². The Hall–Kier alpha value is -1.11. The second-order valence-corrected chi connectivity index (χ2v) is 7.56. The molecule has 0 saturated carbocycles. The van der Waals surface area contributed by atoms with Crippen molar-refractivity contribution in [3.8, 4) is 0 Å². The Morgan fingerprint density at radius 3 is 2.29 bits per heavy atom. The molecule has 0 bridgehead atoms. The summed E-state index contributed by atoms with van der Waals surface area (Å²) in [7, 11) is -3.71. The highest BCUT2D eigenvalue weighted by Gasteiger charge is 2.56. The van der Waals surface area contributed by atoms with Crippen LogP contribution in [0.4, 0.5) is 0 Å². The molecule has 1 aliphatic heterocycles. The maximum absolute atomic E-state index is 12.0. The van der Waals surface area contributed by atoms with Gasteiger partial charge in [-0.2, -0.15) is 0 Å². The molecule has 7 heteroatoms. The molecule has 0 aromatic heterocycles. The van der Waals surface area contributed by atoms with Gasteiger partial charge in [-0.1, -0.05) is 0 Å². The highest BCUT2D eigenvalue weighted by Crippen LogP contribution is 2.41. The quantitative estimate of drug-likeness (QED) is 0.733. The molecule has 1 fully saturated rings. The molecule has 6 nitrogen and oxygen atoms in total. The number of nitrogens with one attached hydrogen (secondary N) is 1. The molecule has 0 spiro atoms. The highest BCUT2D eigenvalue weighted by molar-refractivity contribution is 7.94. The van der Waals surface area contributed by atoms with Crippen molar-refractivity contribution in [3.63, 3.8) is 0 Å². The molecule has 0 aromatic carbocycles. The van der Waals surface area contributed by atoms with Crippen LogP contribution in [-0.4, -0.2) is 41.9 Å². The van der Waals surface area contributed by atoms with E-state index in [0.29, 0.717) is 0 Å². The second kappa shape index (κ2) is 4.29. The summed E-state index contributed by atoms with van der Waals surface area (Å²) in [5.74, 6) is -1.95. The van der Waals surface area contributed by atoms with Crippen LogP contribution in [-0.2, 0) is 19.4 Å². The first-order valence-corrected chi connectivity index (χ1v) is 6.86. The van der Waals surface area contributed by atoms with Gasteiger partial charge in [0.2, 0.25) is 5.91 Å². The number of carbonyl (C=O) groups is 2. The van der Waals surface area contributed by atoms with E-state index >= 15 is 0 Å². The minimum Gasteiger partial charge on any atom is -0.480 e. The maximum Gasteiger partial charge on any atom is 0.321 e. The zero-order valence-electron chi connectivity index (χ0n) is 10.1. The van der Waals surface area contributed by atoms with Crippen LogP contribution < -0.4 is 5.32 Å². The predicted octanol–water partition coefficient (Wildman–Crippen LogP) is -0.211. The topological polar surface area (TPSA) is 101 Å². The summed E-state index contributed by atoms with van der Waals surface area (Å²) in [5.41, 5.74) is 0. The summed E-state index contributed by atoms with van der Waals surface area (Å²) in [6.07, 6.45) is 0.0466. The lowest BCUT2D eigenvalue weighted by molar-refractivity contribution is -0.136. The van der Waals surface area contributed by atoms with E-state index in [1.54, 1.807) is 0 Å². The Kier molecular flexibility index (Phi) is 3.52. The third-order valence-electron chi connectivity index (χ3n) is 3.46. The zero-order valence-corrected chi connectivity index (χ0v) is 10.9. The van der Waals surface area contributed by atoms with Crippen LogP contribution in [0.5, 0.6) is 0 Å². The van der Waals surface area contributed by atoms with Crippen molar-refractivity contribution in [2.45, 2.75) is 37.2 Å². The minimum atomic E-state index is -3.71. The van der Waals surface area contributed by atoms with E-state index < -0.39 is 25.8 Å². The van der Waals surface area contributed by atoms with Crippen LogP contribution in [0.25, 0.3) is 0 Å². The first kappa shape index (κ1) is 14.0. The van der Waals surface area contributed by atoms with Crippen LogP contribution >= 0.6 is 0 Å². The number of hydrogen-bond donors (Lipinski definition) is 2. The zero-order chi connectivity index (χ0) is 13.4. The van der Waals surface area contributed by atoms with Gasteiger partial charge in [0.1, 0.15) is 0 Å². The van der Waals surface area contributed by atoms with Crippen molar-refractivity contribution in [3.05, 3.63) is 0 Å². The first-order valence-electron chi connectivity index (χ1n) is 5.31. The van der Waals surface area contributed by atoms with E-state index in [2.05, 4.69) is 5.32 Å². The van der Waals surface area contributed by atoms with Crippen molar-refractivity contribution >= 4 is 21.7 Å². The molecule has 1 rings (SSSR count). The van der Waals surface area contributed by atoms with Crippen molar-refractivity contribution < 1.29 is 23.1 Å². The Morgan fingerprint density at radius 2 is 1.94 bits per heavy atom. The standard InChI is InChI=1S/C10H17NO5S/c1-6(12)11-5-7-4-8(9(13)14)17(15,16)10(7,2)3/h7-8H,4-5H2,1-3H3,(H,11,12)(H,13,14). The minimum absolute atomic E-state index is 0.0466. The smallest absolute Gasteiger partial charge is 0.321 e. The Morgan fingerprint density at radius 1 is 1.41 bits per heavy atom. The molecular weight excluding hydrogens is 246 g/mol. The van der Waals surface area contributed by atoms with Crippen LogP contribution in [0, 0.1) is 5.92 Å². The Balaban J connectivity index is 2.98. The lowest BCUT2D eigenvalue weighted by Crippen LogP contribution is -2.41. The van der Waals surface area contributed by atoms with Gasteiger partial charge >= 0.3 is 5.97 Å². The highest BCUT2D eigenvalue weighted by atomic mass is 32.2. The fourth-order valence-electron chi connectivity index (χ4n) is 2.10. The number of carbonyl (C=O) groups excluding carboxylic acids is 1. The summed E-state index contributed by atoms with van der Waals surface area (Å²) >= 11 is 0. The van der Waals surface area contributed by atoms with Gasteiger partial charge < -0.3 is 10.4 Å². The van der Waals surface area contributed by atoms with Crippen molar-refractivity contribution in [1.29, 1.82) is 0 Å². The number of amides is 1. The fourth-order valence-corrected chi connectivity index (χ4v) is 4.23. The van der Waals surface area contributed by atoms with Crippen LogP contribution in [0.1, 0.15) is 27.2 Å². The van der Waals surface area contributed by atoms with Crippen molar-refractivity contribution in [2.75, 3.05) is 6.54 Å². The van der Waals surface area contributed by atoms with E-state index in [1.807, 2.05) is 0 Å². The summed E-state index contributed by atoms with van der Waals surface area (Å²) < 4.78 is 22.9. The molecule has 98 valence electrons. The van der Waals surface area contributed by atoms with E-state index in [9.17, 15) is 18.0 Å². The van der Waals surface area contributed by atoms with Crippen LogP contribution in [0.3, 0.4) is 0 Å². The molecule has 0 aliphatic carbocycles. The van der Waals surface area contributed by atoms with E-state index in [4.69, 9.17) is 5.11 Å². The molecule has 1 aliphatic rings. The molecule has 1 amide bonds. The molecule has 17 heavy (non-hydrogen) atoms. The third kappa shape index (κ3) is 2.29. The first-order chi connectivity index (χ1) is 7.60. The predicted molar refractivity (Wildman–Crippen MR) is 61.2 cm³/mol. The molecule has 2 atom stereocenters. The molecule has 0 aromatic rings. The molecule has 1 heterocycles. The van der Waals surface area contributed by atoms with E-state index in [-0.39, 0.29) is 24.8 Å². The average Bonchev–Trinajstić information content (AvgIpc) is 2.32. The number of carboxylic acids is 1. The van der Waals surface area contributed by atoms with Gasteiger partial charge in [0, 0.05) is 13.5 Å². The van der Waals surface area contributed by atoms with E-state index in [0.717, 1.165) is 0 Å². The molecule has 1 saturated heterocycles. The third-order valence-corrected chi connectivity index (χ3v) is 6.41. The normalized spacial score (nSPS) is 29.8. The largest absolute Gasteiger partial charge is 0.480 e. The summed E-state index contributed by atoms with van der Waals surface area (Å²) in [4.78, 5) is 21.7. The average molecular weight is 263 g/mol. The lowest BCUT2D eigenvalue weighted by atomic mass is 9.91. The molecule has 2 unspecified atom stereocenters. The monoisotopic (exact) mass is 263 g/mol. The second-order valence-electron chi connectivity index (χ2n) is 4.85. The molecule has 2 N–H and O–H groups in total. The van der Waals surface area contributed by atoms with Gasteiger partial charge in [-0.15, -0.1) is 0 Å². The van der Waals surface area contributed by atoms with Crippen molar-refractivity contribution in [2.24, 2.45) is 5.92 Å². The van der Waals surface area contributed by atoms with E-state index in [1.165, 1.54) is 20.8 Å². The number of carboxylic acid groups (broad SMARTS) is 1. The number of rotatable bonds is 3. The van der Waals surface area contributed by atoms with Crippen molar-refractivity contribution in [1.82, 2.24) is 5.32 Å². The molecule has 0 radical (unpaired) electrons. The number of hydrogen-bond acceptors (Lipinski definition) is 4. The Bertz CT molecular complexity index is 440. The fraction of sp³-hybridized carbons (Fsp3) is 0.800. The van der Waals surface area contributed by atoms with Gasteiger partial charge in [0.05, 0.1) is 4.75 Å². The summed E-state index contributed by atoms with van der Waals surface area (Å²) in [6.45, 7) is 4.55. The lowest BCUT2D eigenvalue weighted by Gasteiger charge is -2.25. The SMILES string of the molecule is CC(=O)NCC1CC(C(=O)O)S(=O)(=O)C1(C)C. The Labute approximate surface area is 100 Å². The van der Waals surface area contributed by atoms with Gasteiger partial charge in [-0.05, 0) is 26.2 Å².